The van der Waals surface area contributed by atoms with Crippen molar-refractivity contribution in [2.75, 3.05) is 17.4 Å². The third-order valence-corrected chi connectivity index (χ3v) is 9.12. The van der Waals surface area contributed by atoms with Gasteiger partial charge in [-0.3, -0.25) is 13.9 Å². The van der Waals surface area contributed by atoms with E-state index in [-0.39, 0.29) is 29.7 Å². The first-order valence-electron chi connectivity index (χ1n) is 14.9. The first-order valence-corrected chi connectivity index (χ1v) is 16.3. The summed E-state index contributed by atoms with van der Waals surface area (Å²) in [7, 11) is -4.12. The molecular weight excluding hydrogens is 570 g/mol. The molecule has 44 heavy (non-hydrogen) atoms. The van der Waals surface area contributed by atoms with Gasteiger partial charge in [0, 0.05) is 19.5 Å². The van der Waals surface area contributed by atoms with Crippen molar-refractivity contribution < 1.29 is 18.0 Å². The lowest BCUT2D eigenvalue weighted by atomic mass is 10.0. The number of hydrogen-bond donors (Lipinski definition) is 1. The second kappa shape index (κ2) is 14.8. The van der Waals surface area contributed by atoms with Crippen LogP contribution in [0, 0.1) is 19.8 Å². The van der Waals surface area contributed by atoms with E-state index in [1.165, 1.54) is 17.0 Å². The quantitative estimate of drug-likeness (QED) is 0.204. The van der Waals surface area contributed by atoms with Crippen molar-refractivity contribution in [1.82, 2.24) is 10.2 Å². The molecule has 0 bridgehead atoms. The van der Waals surface area contributed by atoms with Crippen LogP contribution in [-0.2, 0) is 32.6 Å². The van der Waals surface area contributed by atoms with E-state index in [1.807, 2.05) is 88.4 Å². The second-order valence-electron chi connectivity index (χ2n) is 11.5. The molecule has 0 aliphatic rings. The van der Waals surface area contributed by atoms with Crippen molar-refractivity contribution in [3.63, 3.8) is 0 Å². The van der Waals surface area contributed by atoms with Crippen LogP contribution in [0.1, 0.15) is 36.1 Å². The van der Waals surface area contributed by atoms with Gasteiger partial charge < -0.3 is 10.2 Å². The van der Waals surface area contributed by atoms with Crippen molar-refractivity contribution in [2.24, 2.45) is 5.92 Å². The number of benzene rings is 4. The Labute approximate surface area is 261 Å². The number of aryl methyl sites for hydroxylation is 2. The number of nitrogens with one attached hydrogen (secondary N) is 1. The third kappa shape index (κ3) is 8.57. The predicted molar refractivity (Wildman–Crippen MR) is 176 cm³/mol. The molecule has 0 spiro atoms. The van der Waals surface area contributed by atoms with Crippen molar-refractivity contribution in [2.45, 2.75) is 51.6 Å². The summed E-state index contributed by atoms with van der Waals surface area (Å²) >= 11 is 0. The van der Waals surface area contributed by atoms with Gasteiger partial charge >= 0.3 is 0 Å². The fourth-order valence-electron chi connectivity index (χ4n) is 4.90. The smallest absolute Gasteiger partial charge is 0.264 e. The zero-order valence-electron chi connectivity index (χ0n) is 25.8. The van der Waals surface area contributed by atoms with Gasteiger partial charge in [-0.15, -0.1) is 0 Å². The topological polar surface area (TPSA) is 86.8 Å². The first-order chi connectivity index (χ1) is 21.0. The Hall–Kier alpha value is -4.43. The Kier molecular flexibility index (Phi) is 11.0. The molecule has 0 saturated carbocycles. The van der Waals surface area contributed by atoms with Crippen LogP contribution in [-0.4, -0.2) is 44.3 Å². The van der Waals surface area contributed by atoms with Gasteiger partial charge in [0.2, 0.25) is 11.8 Å². The van der Waals surface area contributed by atoms with Gasteiger partial charge in [0.25, 0.3) is 10.0 Å². The minimum absolute atomic E-state index is 0.0786. The van der Waals surface area contributed by atoms with E-state index in [1.54, 1.807) is 36.4 Å². The molecule has 4 aromatic rings. The fraction of sp³-hybridized carbons (Fsp3) is 0.278. The molecule has 230 valence electrons. The molecule has 0 aliphatic carbocycles. The van der Waals surface area contributed by atoms with Crippen molar-refractivity contribution >= 4 is 27.5 Å². The molecule has 0 aromatic heterocycles. The molecule has 0 heterocycles. The van der Waals surface area contributed by atoms with Gasteiger partial charge in [-0.05, 0) is 60.7 Å². The molecule has 0 radical (unpaired) electrons. The highest BCUT2D eigenvalue weighted by Gasteiger charge is 2.34. The van der Waals surface area contributed by atoms with Crippen LogP contribution in [0.5, 0.6) is 0 Å². The van der Waals surface area contributed by atoms with Crippen LogP contribution in [0.3, 0.4) is 0 Å². The van der Waals surface area contributed by atoms with Crippen LogP contribution < -0.4 is 9.62 Å². The van der Waals surface area contributed by atoms with Crippen LogP contribution in [0.4, 0.5) is 5.69 Å². The Morgan fingerprint density at radius 3 is 2.00 bits per heavy atom. The number of rotatable bonds is 13. The monoisotopic (exact) mass is 611 g/mol. The van der Waals surface area contributed by atoms with E-state index in [4.69, 9.17) is 0 Å². The zero-order valence-corrected chi connectivity index (χ0v) is 26.6. The molecule has 0 aliphatic heterocycles. The molecule has 8 heteroatoms. The van der Waals surface area contributed by atoms with Gasteiger partial charge in [0.15, 0.2) is 0 Å². The molecular formula is C36H41N3O4S. The van der Waals surface area contributed by atoms with Crippen molar-refractivity contribution in [3.05, 3.63) is 131 Å². The van der Waals surface area contributed by atoms with Gasteiger partial charge in [-0.2, -0.15) is 0 Å². The number of carbonyl (C=O) groups excluding carboxylic acids is 2. The highest BCUT2D eigenvalue weighted by molar-refractivity contribution is 7.92. The van der Waals surface area contributed by atoms with Crippen LogP contribution >= 0.6 is 0 Å². The Morgan fingerprint density at radius 2 is 1.39 bits per heavy atom. The number of hydrogen-bond acceptors (Lipinski definition) is 4. The van der Waals surface area contributed by atoms with Crippen molar-refractivity contribution in [3.8, 4) is 0 Å². The molecule has 4 aromatic carbocycles. The minimum atomic E-state index is -4.12. The molecule has 0 fully saturated rings. The zero-order chi connectivity index (χ0) is 31.7. The molecule has 1 atom stereocenters. The van der Waals surface area contributed by atoms with Gasteiger partial charge in [0.05, 0.1) is 10.6 Å². The van der Waals surface area contributed by atoms with E-state index in [0.29, 0.717) is 12.2 Å². The van der Waals surface area contributed by atoms with E-state index in [0.717, 1.165) is 26.6 Å². The van der Waals surface area contributed by atoms with E-state index >= 15 is 0 Å². The van der Waals surface area contributed by atoms with E-state index in [2.05, 4.69) is 5.32 Å². The lowest BCUT2D eigenvalue weighted by Crippen LogP contribution is -2.53. The van der Waals surface area contributed by atoms with Gasteiger partial charge in [-0.25, -0.2) is 8.42 Å². The Morgan fingerprint density at radius 1 is 0.750 bits per heavy atom. The third-order valence-electron chi connectivity index (χ3n) is 7.33. The number of anilines is 1. The maximum absolute atomic E-state index is 14.5. The Bertz CT molecular complexity index is 1640. The summed E-state index contributed by atoms with van der Waals surface area (Å²) < 4.78 is 29.2. The van der Waals surface area contributed by atoms with Crippen LogP contribution in [0.2, 0.25) is 0 Å². The number of amides is 2. The average molecular weight is 612 g/mol. The lowest BCUT2D eigenvalue weighted by Gasteiger charge is -2.34. The van der Waals surface area contributed by atoms with Crippen LogP contribution in [0.15, 0.2) is 114 Å². The average Bonchev–Trinajstić information content (AvgIpc) is 3.02. The minimum Gasteiger partial charge on any atom is -0.354 e. The predicted octanol–water partition coefficient (Wildman–Crippen LogP) is 5.91. The summed E-state index contributed by atoms with van der Waals surface area (Å²) in [5.74, 6) is -0.548. The molecule has 7 nitrogen and oxygen atoms in total. The SMILES string of the molecule is Cc1ccc(CN(C(=O)CN(c2cccc(C)c2)S(=O)(=O)c2ccccc2)[C@@H](Cc2ccccc2)C(=O)NCC(C)C)cc1. The van der Waals surface area contributed by atoms with Crippen LogP contribution in [0.25, 0.3) is 0 Å². The normalized spacial score (nSPS) is 12.0. The van der Waals surface area contributed by atoms with Gasteiger partial charge in [0.1, 0.15) is 12.6 Å². The Balaban J connectivity index is 1.79. The summed E-state index contributed by atoms with van der Waals surface area (Å²) in [5, 5.41) is 3.02. The molecule has 1 N–H and O–H groups in total. The summed E-state index contributed by atoms with van der Waals surface area (Å²) in [6.45, 7) is 7.99. The molecule has 0 saturated heterocycles. The largest absolute Gasteiger partial charge is 0.354 e. The molecule has 4 rings (SSSR count). The fourth-order valence-corrected chi connectivity index (χ4v) is 6.33. The summed E-state index contributed by atoms with van der Waals surface area (Å²) in [6.07, 6.45) is 0.276. The second-order valence-corrected chi connectivity index (χ2v) is 13.4. The molecule has 2 amide bonds. The highest BCUT2D eigenvalue weighted by atomic mass is 32.2. The van der Waals surface area contributed by atoms with Gasteiger partial charge in [-0.1, -0.05) is 104 Å². The number of nitrogens with zero attached hydrogens (tertiary/aromatic N) is 2. The lowest BCUT2D eigenvalue weighted by molar-refractivity contribution is -0.140. The maximum atomic E-state index is 14.5. The maximum Gasteiger partial charge on any atom is 0.264 e. The van der Waals surface area contributed by atoms with E-state index < -0.39 is 28.5 Å². The standard InChI is InChI=1S/C36H41N3O4S/c1-27(2)24-37-36(41)34(23-30-13-7-5-8-14-30)38(25-31-20-18-28(3)19-21-31)35(40)26-39(32-15-11-12-29(4)22-32)44(42,43)33-16-9-6-10-17-33/h5-22,27,34H,23-26H2,1-4H3,(H,37,41)/t34-/m0/s1. The first kappa shape index (κ1) is 32.5. The number of carbonyl (C=O) groups is 2. The summed E-state index contributed by atoms with van der Waals surface area (Å²) in [4.78, 5) is 29.9. The summed E-state index contributed by atoms with van der Waals surface area (Å²) in [6, 6.07) is 31.6. The molecule has 0 unspecified atom stereocenters. The highest BCUT2D eigenvalue weighted by Crippen LogP contribution is 2.26. The van der Waals surface area contributed by atoms with E-state index in [9.17, 15) is 18.0 Å². The summed E-state index contributed by atoms with van der Waals surface area (Å²) in [5.41, 5.74) is 4.04. The number of sulfonamides is 1. The van der Waals surface area contributed by atoms with Crippen molar-refractivity contribution in [1.29, 1.82) is 0 Å².